The van der Waals surface area contributed by atoms with Gasteiger partial charge in [0.1, 0.15) is 0 Å². The standard InChI is InChI=1S/C22H22N2O2/c25-21(24-10-4-5-11-24)14-17-8-9-20-18(13-17)15-19(22(26)23-20)12-16-6-2-1-3-7-16/h1-3,6-9,13,15H,4-5,10-12,14H2,(H,23,26). The molecule has 1 amide bonds. The van der Waals surface area contributed by atoms with Crippen LogP contribution in [0.2, 0.25) is 0 Å². The molecule has 1 saturated heterocycles. The van der Waals surface area contributed by atoms with E-state index in [0.29, 0.717) is 12.8 Å². The number of nitrogens with one attached hydrogen (secondary N) is 1. The zero-order chi connectivity index (χ0) is 17.9. The number of pyridine rings is 1. The lowest BCUT2D eigenvalue weighted by atomic mass is 10.0. The molecule has 1 aliphatic rings. The SMILES string of the molecule is O=C(Cc1ccc2[nH]c(=O)c(Cc3ccccc3)cc2c1)N1CCCC1. The van der Waals surface area contributed by atoms with Gasteiger partial charge in [-0.05, 0) is 47.6 Å². The van der Waals surface area contributed by atoms with E-state index < -0.39 is 0 Å². The van der Waals surface area contributed by atoms with Crippen molar-refractivity contribution in [3.63, 3.8) is 0 Å². The Hall–Kier alpha value is -2.88. The molecule has 2 heterocycles. The largest absolute Gasteiger partial charge is 0.342 e. The number of likely N-dealkylation sites (tertiary alicyclic amines) is 1. The predicted molar refractivity (Wildman–Crippen MR) is 103 cm³/mol. The molecule has 1 aliphatic heterocycles. The van der Waals surface area contributed by atoms with Gasteiger partial charge in [-0.25, -0.2) is 0 Å². The van der Waals surface area contributed by atoms with E-state index in [2.05, 4.69) is 4.98 Å². The van der Waals surface area contributed by atoms with Crippen LogP contribution in [0.3, 0.4) is 0 Å². The van der Waals surface area contributed by atoms with E-state index >= 15 is 0 Å². The number of aromatic amines is 1. The van der Waals surface area contributed by atoms with Crippen molar-refractivity contribution >= 4 is 16.8 Å². The molecule has 1 aromatic heterocycles. The number of carbonyl (C=O) groups excluding carboxylic acids is 1. The first-order valence-electron chi connectivity index (χ1n) is 9.15. The average molecular weight is 346 g/mol. The molecule has 132 valence electrons. The van der Waals surface area contributed by atoms with Gasteiger partial charge in [0.05, 0.1) is 6.42 Å². The zero-order valence-electron chi connectivity index (χ0n) is 14.7. The third kappa shape index (κ3) is 3.54. The van der Waals surface area contributed by atoms with Gasteiger partial charge in [-0.3, -0.25) is 9.59 Å². The summed E-state index contributed by atoms with van der Waals surface area (Å²) in [6, 6.07) is 17.8. The molecule has 0 bridgehead atoms. The molecule has 0 spiro atoms. The molecule has 0 aliphatic carbocycles. The van der Waals surface area contributed by atoms with Crippen LogP contribution in [0.1, 0.15) is 29.5 Å². The number of nitrogens with zero attached hydrogens (tertiary/aromatic N) is 1. The Morgan fingerprint density at radius 1 is 0.962 bits per heavy atom. The Balaban J connectivity index is 1.61. The summed E-state index contributed by atoms with van der Waals surface area (Å²) in [6.45, 7) is 1.75. The molecule has 1 N–H and O–H groups in total. The summed E-state index contributed by atoms with van der Waals surface area (Å²) in [5.74, 6) is 0.191. The summed E-state index contributed by atoms with van der Waals surface area (Å²) >= 11 is 0. The van der Waals surface area contributed by atoms with Crippen molar-refractivity contribution in [1.82, 2.24) is 9.88 Å². The fourth-order valence-electron chi connectivity index (χ4n) is 3.61. The number of benzene rings is 2. The second-order valence-corrected chi connectivity index (χ2v) is 6.97. The molecule has 4 nitrogen and oxygen atoms in total. The molecule has 3 aromatic rings. The van der Waals surface area contributed by atoms with Crippen LogP contribution in [0.25, 0.3) is 10.9 Å². The van der Waals surface area contributed by atoms with Crippen LogP contribution in [0.5, 0.6) is 0 Å². The van der Waals surface area contributed by atoms with Gasteiger partial charge in [0.2, 0.25) is 5.91 Å². The minimum absolute atomic E-state index is 0.0535. The lowest BCUT2D eigenvalue weighted by Crippen LogP contribution is -2.29. The number of rotatable bonds is 4. The summed E-state index contributed by atoms with van der Waals surface area (Å²) in [4.78, 5) is 29.6. The third-order valence-electron chi connectivity index (χ3n) is 5.04. The highest BCUT2D eigenvalue weighted by Gasteiger charge is 2.18. The van der Waals surface area contributed by atoms with E-state index in [9.17, 15) is 9.59 Å². The summed E-state index contributed by atoms with van der Waals surface area (Å²) in [5.41, 5.74) is 3.60. The fraction of sp³-hybridized carbons (Fsp3) is 0.273. The van der Waals surface area contributed by atoms with Crippen molar-refractivity contribution in [2.24, 2.45) is 0 Å². The van der Waals surface area contributed by atoms with Crippen LogP contribution in [-0.4, -0.2) is 28.9 Å². The van der Waals surface area contributed by atoms with Gasteiger partial charge < -0.3 is 9.88 Å². The molecular formula is C22H22N2O2. The van der Waals surface area contributed by atoms with Gasteiger partial charge in [0, 0.05) is 30.6 Å². The van der Waals surface area contributed by atoms with Gasteiger partial charge in [-0.15, -0.1) is 0 Å². The molecule has 1 fully saturated rings. The van der Waals surface area contributed by atoms with Crippen LogP contribution >= 0.6 is 0 Å². The smallest absolute Gasteiger partial charge is 0.251 e. The summed E-state index contributed by atoms with van der Waals surface area (Å²) in [5, 5.41) is 0.974. The fourth-order valence-corrected chi connectivity index (χ4v) is 3.61. The third-order valence-corrected chi connectivity index (χ3v) is 5.04. The first kappa shape index (κ1) is 16.6. The van der Waals surface area contributed by atoms with E-state index in [1.54, 1.807) is 0 Å². The molecule has 26 heavy (non-hydrogen) atoms. The summed E-state index contributed by atoms with van der Waals surface area (Å²) < 4.78 is 0. The molecule has 2 aromatic carbocycles. The maximum absolute atomic E-state index is 12.4. The molecule has 0 atom stereocenters. The average Bonchev–Trinajstić information content (AvgIpc) is 3.18. The normalized spacial score (nSPS) is 14.1. The minimum atomic E-state index is -0.0535. The van der Waals surface area contributed by atoms with Crippen molar-refractivity contribution in [1.29, 1.82) is 0 Å². The Morgan fingerprint density at radius 2 is 1.73 bits per heavy atom. The number of aromatic nitrogens is 1. The highest BCUT2D eigenvalue weighted by molar-refractivity contribution is 5.83. The number of hydrogen-bond acceptors (Lipinski definition) is 2. The maximum Gasteiger partial charge on any atom is 0.251 e. The Bertz CT molecular complexity index is 986. The summed E-state index contributed by atoms with van der Waals surface area (Å²) in [7, 11) is 0. The lowest BCUT2D eigenvalue weighted by molar-refractivity contribution is -0.129. The van der Waals surface area contributed by atoms with Crippen molar-refractivity contribution in [3.05, 3.63) is 81.6 Å². The Morgan fingerprint density at radius 3 is 2.50 bits per heavy atom. The number of carbonyl (C=O) groups is 1. The quantitative estimate of drug-likeness (QED) is 0.788. The minimum Gasteiger partial charge on any atom is -0.342 e. The van der Waals surface area contributed by atoms with Gasteiger partial charge in [0.25, 0.3) is 5.56 Å². The van der Waals surface area contributed by atoms with Gasteiger partial charge >= 0.3 is 0 Å². The van der Waals surface area contributed by atoms with Gasteiger partial charge in [-0.2, -0.15) is 0 Å². The van der Waals surface area contributed by atoms with Crippen molar-refractivity contribution < 1.29 is 4.79 Å². The molecule has 0 radical (unpaired) electrons. The molecule has 4 heteroatoms. The van der Waals surface area contributed by atoms with E-state index in [1.807, 2.05) is 59.5 Å². The van der Waals surface area contributed by atoms with Crippen molar-refractivity contribution in [2.75, 3.05) is 13.1 Å². The van der Waals surface area contributed by atoms with Crippen LogP contribution in [0.4, 0.5) is 0 Å². The first-order valence-corrected chi connectivity index (χ1v) is 9.15. The maximum atomic E-state index is 12.4. The Kier molecular flexibility index (Phi) is 4.57. The first-order chi connectivity index (χ1) is 12.7. The van der Waals surface area contributed by atoms with Crippen LogP contribution in [0.15, 0.2) is 59.4 Å². The van der Waals surface area contributed by atoms with Crippen molar-refractivity contribution in [2.45, 2.75) is 25.7 Å². The van der Waals surface area contributed by atoms with Gasteiger partial charge in [-0.1, -0.05) is 36.4 Å². The zero-order valence-corrected chi connectivity index (χ0v) is 14.7. The summed E-state index contributed by atoms with van der Waals surface area (Å²) in [6.07, 6.45) is 3.23. The second kappa shape index (κ2) is 7.16. The van der Waals surface area contributed by atoms with E-state index in [-0.39, 0.29) is 11.5 Å². The predicted octanol–water partition coefficient (Wildman–Crippen LogP) is 3.28. The monoisotopic (exact) mass is 346 g/mol. The number of amides is 1. The number of H-pyrrole nitrogens is 1. The van der Waals surface area contributed by atoms with E-state index in [0.717, 1.165) is 53.5 Å². The highest BCUT2D eigenvalue weighted by Crippen LogP contribution is 2.17. The van der Waals surface area contributed by atoms with E-state index in [1.165, 1.54) is 0 Å². The van der Waals surface area contributed by atoms with Crippen LogP contribution in [0, 0.1) is 0 Å². The molecule has 0 unspecified atom stereocenters. The topological polar surface area (TPSA) is 53.2 Å². The lowest BCUT2D eigenvalue weighted by Gasteiger charge is -2.15. The van der Waals surface area contributed by atoms with Gasteiger partial charge in [0.15, 0.2) is 0 Å². The van der Waals surface area contributed by atoms with E-state index in [4.69, 9.17) is 0 Å². The number of hydrogen-bond donors (Lipinski definition) is 1. The van der Waals surface area contributed by atoms with Crippen LogP contribution in [-0.2, 0) is 17.6 Å². The van der Waals surface area contributed by atoms with Crippen LogP contribution < -0.4 is 5.56 Å². The Labute approximate surface area is 152 Å². The molecule has 4 rings (SSSR count). The second-order valence-electron chi connectivity index (χ2n) is 6.97. The number of fused-ring (bicyclic) bond motifs is 1. The highest BCUT2D eigenvalue weighted by atomic mass is 16.2. The molecular weight excluding hydrogens is 324 g/mol. The van der Waals surface area contributed by atoms with Crippen molar-refractivity contribution in [3.8, 4) is 0 Å². The molecule has 0 saturated carbocycles.